The van der Waals surface area contributed by atoms with Crippen LogP contribution >= 0.6 is 0 Å². The molecule has 0 fully saturated rings. The van der Waals surface area contributed by atoms with Gasteiger partial charge in [-0.25, -0.2) is 0 Å². The average molecular weight is 173 g/mol. The number of nitrogens with zero attached hydrogens (tertiary/aromatic N) is 2. The summed E-state index contributed by atoms with van der Waals surface area (Å²) in [5, 5.41) is 9.93. The summed E-state index contributed by atoms with van der Waals surface area (Å²) >= 11 is 0. The molecular formula is C9H7N3O. The van der Waals surface area contributed by atoms with Crippen LogP contribution in [0.3, 0.4) is 0 Å². The molecule has 4 heteroatoms. The molecule has 1 amide bonds. The Balaban J connectivity index is 2.49. The van der Waals surface area contributed by atoms with Crippen LogP contribution in [0.15, 0.2) is 34.5 Å². The van der Waals surface area contributed by atoms with Crippen LogP contribution < -0.4 is 5.32 Å². The van der Waals surface area contributed by atoms with Gasteiger partial charge < -0.3 is 5.32 Å². The highest BCUT2D eigenvalue weighted by molar-refractivity contribution is 6.32. The summed E-state index contributed by atoms with van der Waals surface area (Å²) < 4.78 is 0. The summed E-state index contributed by atoms with van der Waals surface area (Å²) in [6.07, 6.45) is 2.75. The molecule has 13 heavy (non-hydrogen) atoms. The van der Waals surface area contributed by atoms with Crippen molar-refractivity contribution in [2.75, 3.05) is 5.32 Å². The monoisotopic (exact) mass is 173 g/mol. The van der Waals surface area contributed by atoms with Gasteiger partial charge in [-0.2, -0.15) is 10.2 Å². The van der Waals surface area contributed by atoms with Gasteiger partial charge in [0.1, 0.15) is 6.21 Å². The Labute approximate surface area is 75.0 Å². The molecule has 2 rings (SSSR count). The average Bonchev–Trinajstić information content (AvgIpc) is 2.11. The Morgan fingerprint density at radius 3 is 2.77 bits per heavy atom. The quantitative estimate of drug-likeness (QED) is 0.626. The third kappa shape index (κ3) is 1.61. The van der Waals surface area contributed by atoms with E-state index in [0.717, 1.165) is 17.5 Å². The zero-order chi connectivity index (χ0) is 9.10. The van der Waals surface area contributed by atoms with E-state index in [1.54, 1.807) is 6.21 Å². The molecule has 0 aliphatic carbocycles. The van der Waals surface area contributed by atoms with Gasteiger partial charge in [-0.1, -0.05) is 18.2 Å². The van der Waals surface area contributed by atoms with Gasteiger partial charge >= 0.3 is 0 Å². The third-order valence-electron chi connectivity index (χ3n) is 1.66. The summed E-state index contributed by atoms with van der Waals surface area (Å²) in [5.41, 5.74) is 1.61. The van der Waals surface area contributed by atoms with Crippen molar-refractivity contribution in [3.63, 3.8) is 0 Å². The molecule has 1 aromatic carbocycles. The minimum absolute atomic E-state index is 0.260. The fraction of sp³-hybridized carbons (Fsp3) is 0. The molecule has 0 saturated heterocycles. The Kier molecular flexibility index (Phi) is 1.88. The zero-order valence-electron chi connectivity index (χ0n) is 6.77. The maximum absolute atomic E-state index is 11.1. The standard InChI is InChI=1S/C9H7N3O/c13-9-6-11-10-5-7-3-1-2-4-8(7)12-9/h1-6H,(H,12,13). The predicted octanol–water partition coefficient (Wildman–Crippen LogP) is 1.04. The summed E-state index contributed by atoms with van der Waals surface area (Å²) in [6.45, 7) is 0. The van der Waals surface area contributed by atoms with Crippen LogP contribution in [0.5, 0.6) is 0 Å². The number of hydrogen-bond acceptors (Lipinski definition) is 3. The number of hydrogen-bond donors (Lipinski definition) is 1. The van der Waals surface area contributed by atoms with E-state index in [9.17, 15) is 4.79 Å². The van der Waals surface area contributed by atoms with E-state index >= 15 is 0 Å². The van der Waals surface area contributed by atoms with E-state index in [0.29, 0.717) is 0 Å². The molecule has 64 valence electrons. The first-order valence-corrected chi connectivity index (χ1v) is 3.83. The van der Waals surface area contributed by atoms with Crippen LogP contribution in [0.2, 0.25) is 0 Å². The van der Waals surface area contributed by atoms with Gasteiger partial charge in [0.15, 0.2) is 0 Å². The van der Waals surface area contributed by atoms with Gasteiger partial charge in [0.25, 0.3) is 5.91 Å². The summed E-state index contributed by atoms with van der Waals surface area (Å²) in [4.78, 5) is 11.1. The van der Waals surface area contributed by atoms with Crippen molar-refractivity contribution in [1.29, 1.82) is 0 Å². The lowest BCUT2D eigenvalue weighted by Crippen LogP contribution is -2.14. The lowest BCUT2D eigenvalue weighted by molar-refractivity contribution is -0.110. The van der Waals surface area contributed by atoms with E-state index in [1.807, 2.05) is 24.3 Å². The Hall–Kier alpha value is -1.97. The van der Waals surface area contributed by atoms with Gasteiger partial charge in [0, 0.05) is 11.3 Å². The molecule has 1 aliphatic heterocycles. The van der Waals surface area contributed by atoms with Crippen LogP contribution in [0.25, 0.3) is 0 Å². The van der Waals surface area contributed by atoms with Gasteiger partial charge in [0.2, 0.25) is 0 Å². The maximum atomic E-state index is 11.1. The van der Waals surface area contributed by atoms with Gasteiger partial charge in [-0.05, 0) is 6.07 Å². The Morgan fingerprint density at radius 2 is 1.85 bits per heavy atom. The highest BCUT2D eigenvalue weighted by Gasteiger charge is 2.04. The van der Waals surface area contributed by atoms with Crippen LogP contribution in [-0.4, -0.2) is 18.3 Å². The molecule has 1 aromatic rings. The molecule has 1 heterocycles. The molecule has 0 spiro atoms. The van der Waals surface area contributed by atoms with Gasteiger partial charge in [-0.3, -0.25) is 4.79 Å². The molecule has 0 saturated carbocycles. The third-order valence-corrected chi connectivity index (χ3v) is 1.66. The first-order valence-electron chi connectivity index (χ1n) is 3.83. The van der Waals surface area contributed by atoms with Gasteiger partial charge in [0.05, 0.1) is 6.21 Å². The number of benzene rings is 1. The highest BCUT2D eigenvalue weighted by Crippen LogP contribution is 2.13. The Morgan fingerprint density at radius 1 is 1.08 bits per heavy atom. The lowest BCUT2D eigenvalue weighted by Gasteiger charge is -2.06. The topological polar surface area (TPSA) is 53.8 Å². The van der Waals surface area contributed by atoms with E-state index in [-0.39, 0.29) is 5.91 Å². The van der Waals surface area contributed by atoms with Crippen LogP contribution in [0, 0.1) is 0 Å². The van der Waals surface area contributed by atoms with E-state index in [2.05, 4.69) is 15.5 Å². The fourth-order valence-corrected chi connectivity index (χ4v) is 1.07. The van der Waals surface area contributed by atoms with Crippen molar-refractivity contribution in [2.45, 2.75) is 0 Å². The van der Waals surface area contributed by atoms with Crippen molar-refractivity contribution in [1.82, 2.24) is 0 Å². The SMILES string of the molecule is O=C1/C=N\N=C/c2ccccc2N1. The minimum atomic E-state index is -0.260. The smallest absolute Gasteiger partial charge is 0.268 e. The van der Waals surface area contributed by atoms with Crippen LogP contribution in [0.1, 0.15) is 5.56 Å². The maximum Gasteiger partial charge on any atom is 0.268 e. The second-order valence-corrected chi connectivity index (χ2v) is 2.57. The molecule has 4 nitrogen and oxygen atoms in total. The van der Waals surface area contributed by atoms with Crippen molar-refractivity contribution in [2.24, 2.45) is 10.2 Å². The molecule has 0 radical (unpaired) electrons. The van der Waals surface area contributed by atoms with Gasteiger partial charge in [-0.15, -0.1) is 0 Å². The Bertz CT molecular complexity index is 396. The lowest BCUT2D eigenvalue weighted by atomic mass is 10.2. The zero-order valence-corrected chi connectivity index (χ0v) is 6.77. The molecule has 0 atom stereocenters. The van der Waals surface area contributed by atoms with Crippen LogP contribution in [0.4, 0.5) is 5.69 Å². The summed E-state index contributed by atoms with van der Waals surface area (Å²) in [6, 6.07) is 7.41. The number of nitrogens with one attached hydrogen (secondary N) is 1. The summed E-state index contributed by atoms with van der Waals surface area (Å²) in [7, 11) is 0. The number of carbonyl (C=O) groups excluding carboxylic acids is 1. The van der Waals surface area contributed by atoms with E-state index < -0.39 is 0 Å². The van der Waals surface area contributed by atoms with Crippen molar-refractivity contribution in [3.8, 4) is 0 Å². The number of fused-ring (bicyclic) bond motifs is 1. The number of carbonyl (C=O) groups is 1. The van der Waals surface area contributed by atoms with Crippen molar-refractivity contribution in [3.05, 3.63) is 29.8 Å². The first kappa shape index (κ1) is 7.67. The predicted molar refractivity (Wildman–Crippen MR) is 51.2 cm³/mol. The van der Waals surface area contributed by atoms with Crippen molar-refractivity contribution >= 4 is 24.0 Å². The highest BCUT2D eigenvalue weighted by atomic mass is 16.1. The van der Waals surface area contributed by atoms with E-state index in [1.165, 1.54) is 0 Å². The number of anilines is 1. The summed E-state index contributed by atoms with van der Waals surface area (Å²) in [5.74, 6) is -0.260. The molecule has 0 aromatic heterocycles. The molecule has 0 unspecified atom stereocenters. The number of rotatable bonds is 0. The first-order chi connectivity index (χ1) is 6.36. The molecule has 1 aliphatic rings. The second-order valence-electron chi connectivity index (χ2n) is 2.57. The normalized spacial score (nSPS) is 19.2. The molecule has 0 bridgehead atoms. The number of para-hydroxylation sites is 1. The molecular weight excluding hydrogens is 166 g/mol. The second kappa shape index (κ2) is 3.18. The largest absolute Gasteiger partial charge is 0.321 e. The molecule has 1 N–H and O–H groups in total. The van der Waals surface area contributed by atoms with E-state index in [4.69, 9.17) is 0 Å². The minimum Gasteiger partial charge on any atom is -0.321 e. The fourth-order valence-electron chi connectivity index (χ4n) is 1.07. The van der Waals surface area contributed by atoms with Crippen LogP contribution in [-0.2, 0) is 4.79 Å². The number of amides is 1. The van der Waals surface area contributed by atoms with Crippen molar-refractivity contribution < 1.29 is 4.79 Å².